The zero-order chi connectivity index (χ0) is 18.9. The van der Waals surface area contributed by atoms with Gasteiger partial charge in [-0.05, 0) is 60.2 Å². The second-order valence-corrected chi connectivity index (χ2v) is 7.54. The number of fused-ring (bicyclic) bond motifs is 2. The molecular formula is C26H20ClN. The minimum absolute atomic E-state index is 0.747. The number of rotatable bonds is 3. The Balaban J connectivity index is 1.80. The molecule has 0 radical (unpaired) electrons. The molecule has 5 rings (SSSR count). The lowest BCUT2D eigenvalue weighted by Crippen LogP contribution is -2.13. The zero-order valence-electron chi connectivity index (χ0n) is 15.5. The van der Waals surface area contributed by atoms with E-state index in [9.17, 15) is 0 Å². The summed E-state index contributed by atoms with van der Waals surface area (Å²) in [6.07, 6.45) is 6.73. The highest BCUT2D eigenvalue weighted by Gasteiger charge is 2.19. The smallest absolute Gasteiger partial charge is 0.0540 e. The van der Waals surface area contributed by atoms with E-state index < -0.39 is 0 Å². The average Bonchev–Trinajstić information content (AvgIpc) is 2.75. The van der Waals surface area contributed by atoms with E-state index in [1.165, 1.54) is 33.3 Å². The number of halogens is 1. The third-order valence-corrected chi connectivity index (χ3v) is 5.62. The van der Waals surface area contributed by atoms with Crippen LogP contribution in [0.1, 0.15) is 17.5 Å². The first-order valence-electron chi connectivity index (χ1n) is 9.63. The number of hydrogen-bond acceptors (Lipinski definition) is 1. The standard InChI is InChI=1S/C26H20ClN/c27-21-15-17-22(18-16-21)28(25-13-5-9-19-7-1-3-11-23(19)25)26-14-6-10-20-8-2-4-12-24(20)26/h1,3-7,9-18H,2,8H2. The van der Waals surface area contributed by atoms with Crippen LogP contribution in [0.5, 0.6) is 0 Å². The van der Waals surface area contributed by atoms with Crippen LogP contribution in [0.25, 0.3) is 16.8 Å². The lowest BCUT2D eigenvalue weighted by atomic mass is 9.94. The van der Waals surface area contributed by atoms with Crippen LogP contribution in [0.15, 0.2) is 91.0 Å². The Hall–Kier alpha value is -3.03. The highest BCUT2D eigenvalue weighted by atomic mass is 35.5. The van der Waals surface area contributed by atoms with Crippen molar-refractivity contribution in [2.24, 2.45) is 0 Å². The van der Waals surface area contributed by atoms with Crippen LogP contribution in [0.2, 0.25) is 5.02 Å². The largest absolute Gasteiger partial charge is 0.309 e. The maximum Gasteiger partial charge on any atom is 0.0540 e. The van der Waals surface area contributed by atoms with Gasteiger partial charge in [0.2, 0.25) is 0 Å². The number of nitrogens with zero attached hydrogens (tertiary/aromatic N) is 1. The fraction of sp³-hybridized carbons (Fsp3) is 0.0769. The van der Waals surface area contributed by atoms with Gasteiger partial charge in [0.05, 0.1) is 11.4 Å². The van der Waals surface area contributed by atoms with Crippen LogP contribution in [0.4, 0.5) is 17.1 Å². The van der Waals surface area contributed by atoms with Gasteiger partial charge >= 0.3 is 0 Å². The van der Waals surface area contributed by atoms with Crippen LogP contribution in [-0.2, 0) is 6.42 Å². The Labute approximate surface area is 170 Å². The molecule has 0 spiro atoms. The predicted octanol–water partition coefficient (Wildman–Crippen LogP) is 7.92. The molecule has 0 atom stereocenters. The molecule has 0 fully saturated rings. The van der Waals surface area contributed by atoms with E-state index >= 15 is 0 Å². The summed E-state index contributed by atoms with van der Waals surface area (Å²) in [5.74, 6) is 0. The van der Waals surface area contributed by atoms with E-state index in [0.29, 0.717) is 0 Å². The van der Waals surface area contributed by atoms with E-state index in [4.69, 9.17) is 11.6 Å². The molecule has 0 saturated carbocycles. The molecule has 1 aliphatic carbocycles. The van der Waals surface area contributed by atoms with Gasteiger partial charge in [0.25, 0.3) is 0 Å². The van der Waals surface area contributed by atoms with Gasteiger partial charge in [-0.1, -0.05) is 72.3 Å². The Kier molecular flexibility index (Phi) is 4.38. The first-order chi connectivity index (χ1) is 13.8. The normalized spacial score (nSPS) is 12.8. The summed E-state index contributed by atoms with van der Waals surface area (Å²) < 4.78 is 0. The molecule has 0 heterocycles. The van der Waals surface area contributed by atoms with Crippen molar-refractivity contribution in [3.8, 4) is 0 Å². The second-order valence-electron chi connectivity index (χ2n) is 7.10. The number of benzene rings is 4. The van der Waals surface area contributed by atoms with Crippen LogP contribution in [0, 0.1) is 0 Å². The van der Waals surface area contributed by atoms with Gasteiger partial charge in [0, 0.05) is 21.7 Å². The van der Waals surface area contributed by atoms with Gasteiger partial charge in [0.15, 0.2) is 0 Å². The Morgan fingerprint density at radius 1 is 0.714 bits per heavy atom. The summed E-state index contributed by atoms with van der Waals surface area (Å²) in [5.41, 5.74) is 6.18. The Morgan fingerprint density at radius 3 is 2.36 bits per heavy atom. The molecule has 0 bridgehead atoms. The molecular weight excluding hydrogens is 362 g/mol. The van der Waals surface area contributed by atoms with E-state index in [1.54, 1.807) is 0 Å². The summed E-state index contributed by atoms with van der Waals surface area (Å²) in [7, 11) is 0. The minimum Gasteiger partial charge on any atom is -0.309 e. The van der Waals surface area contributed by atoms with Gasteiger partial charge < -0.3 is 4.90 Å². The Bertz CT molecular complexity index is 1170. The fourth-order valence-electron chi connectivity index (χ4n) is 4.05. The number of hydrogen-bond donors (Lipinski definition) is 0. The van der Waals surface area contributed by atoms with Crippen LogP contribution < -0.4 is 4.90 Å². The first-order valence-corrected chi connectivity index (χ1v) is 10.0. The second kappa shape index (κ2) is 7.18. The van der Waals surface area contributed by atoms with Gasteiger partial charge in [-0.3, -0.25) is 0 Å². The van der Waals surface area contributed by atoms with Crippen molar-refractivity contribution < 1.29 is 0 Å². The molecule has 136 valence electrons. The quantitative estimate of drug-likeness (QED) is 0.348. The SMILES string of the molecule is Clc1ccc(N(c2cccc3c2C=CCC3)c2cccc3ccccc23)cc1. The third-order valence-electron chi connectivity index (χ3n) is 5.37. The Morgan fingerprint density at radius 2 is 1.46 bits per heavy atom. The molecule has 0 aliphatic heterocycles. The van der Waals surface area contributed by atoms with Gasteiger partial charge in [-0.15, -0.1) is 0 Å². The number of anilines is 3. The lowest BCUT2D eigenvalue weighted by molar-refractivity contribution is 0.984. The molecule has 1 aliphatic rings. The molecule has 0 N–H and O–H groups in total. The van der Waals surface area contributed by atoms with Crippen molar-refractivity contribution in [1.82, 2.24) is 0 Å². The molecule has 4 aromatic rings. The van der Waals surface area contributed by atoms with Gasteiger partial charge in [0.1, 0.15) is 0 Å². The van der Waals surface area contributed by atoms with Crippen molar-refractivity contribution in [1.29, 1.82) is 0 Å². The summed E-state index contributed by atoms with van der Waals surface area (Å²) >= 11 is 6.19. The van der Waals surface area contributed by atoms with Crippen molar-refractivity contribution >= 4 is 45.5 Å². The summed E-state index contributed by atoms with van der Waals surface area (Å²) in [6, 6.07) is 29.8. The third kappa shape index (κ3) is 2.98. The summed E-state index contributed by atoms with van der Waals surface area (Å²) in [5, 5.41) is 3.22. The maximum atomic E-state index is 6.19. The van der Waals surface area contributed by atoms with Crippen molar-refractivity contribution in [3.63, 3.8) is 0 Å². The van der Waals surface area contributed by atoms with Crippen LogP contribution in [-0.4, -0.2) is 0 Å². The number of aryl methyl sites for hydroxylation is 1. The van der Waals surface area contributed by atoms with Crippen LogP contribution in [0.3, 0.4) is 0 Å². The fourth-order valence-corrected chi connectivity index (χ4v) is 4.17. The molecule has 28 heavy (non-hydrogen) atoms. The monoisotopic (exact) mass is 381 g/mol. The van der Waals surface area contributed by atoms with Gasteiger partial charge in [-0.2, -0.15) is 0 Å². The highest BCUT2D eigenvalue weighted by molar-refractivity contribution is 6.30. The van der Waals surface area contributed by atoms with Crippen LogP contribution >= 0.6 is 11.6 Å². The topological polar surface area (TPSA) is 3.24 Å². The minimum atomic E-state index is 0.747. The molecule has 1 nitrogen and oxygen atoms in total. The molecule has 4 aromatic carbocycles. The molecule has 0 saturated heterocycles. The zero-order valence-corrected chi connectivity index (χ0v) is 16.2. The molecule has 0 amide bonds. The van der Waals surface area contributed by atoms with Gasteiger partial charge in [-0.25, -0.2) is 0 Å². The molecule has 2 heteroatoms. The van der Waals surface area contributed by atoms with E-state index in [1.807, 2.05) is 12.1 Å². The molecule has 0 aromatic heterocycles. The number of allylic oxidation sites excluding steroid dienone is 1. The van der Waals surface area contributed by atoms with Crippen molar-refractivity contribution in [3.05, 3.63) is 107 Å². The lowest BCUT2D eigenvalue weighted by Gasteiger charge is -2.30. The first kappa shape index (κ1) is 17.1. The van der Waals surface area contributed by atoms with Crippen molar-refractivity contribution in [2.45, 2.75) is 12.8 Å². The van der Waals surface area contributed by atoms with E-state index in [2.05, 4.69) is 89.8 Å². The summed E-state index contributed by atoms with van der Waals surface area (Å²) in [4.78, 5) is 2.35. The maximum absolute atomic E-state index is 6.19. The van der Waals surface area contributed by atoms with Crippen molar-refractivity contribution in [2.75, 3.05) is 4.90 Å². The predicted molar refractivity (Wildman–Crippen MR) is 121 cm³/mol. The molecule has 0 unspecified atom stereocenters. The average molecular weight is 382 g/mol. The summed E-state index contributed by atoms with van der Waals surface area (Å²) in [6.45, 7) is 0. The van der Waals surface area contributed by atoms with E-state index in [0.717, 1.165) is 23.6 Å². The van der Waals surface area contributed by atoms with E-state index in [-0.39, 0.29) is 0 Å². The highest BCUT2D eigenvalue weighted by Crippen LogP contribution is 2.42.